The molecule has 2 aromatic rings. The van der Waals surface area contributed by atoms with E-state index in [0.29, 0.717) is 24.1 Å². The maximum Gasteiger partial charge on any atom is 0.337 e. The van der Waals surface area contributed by atoms with Crippen molar-refractivity contribution in [2.45, 2.75) is 25.8 Å². The molecule has 1 N–H and O–H groups in total. The second-order valence-electron chi connectivity index (χ2n) is 5.79. The number of likely N-dealkylation sites (tertiary alicyclic amines) is 1. The number of rotatable bonds is 3. The van der Waals surface area contributed by atoms with Crippen LogP contribution in [0.5, 0.6) is 5.75 Å². The second kappa shape index (κ2) is 5.91. The number of fused-ring (bicyclic) bond motifs is 1. The van der Waals surface area contributed by atoms with Crippen LogP contribution in [0.2, 0.25) is 0 Å². The number of phenolic OH excluding ortho intramolecular Hbond substituents is 1. The van der Waals surface area contributed by atoms with Crippen molar-refractivity contribution in [3.63, 3.8) is 0 Å². The van der Waals surface area contributed by atoms with Crippen LogP contribution in [0.4, 0.5) is 0 Å². The number of nitrogens with zero attached hydrogens (tertiary/aromatic N) is 1. The third-order valence-electron chi connectivity index (χ3n) is 4.45. The van der Waals surface area contributed by atoms with Crippen molar-refractivity contribution in [3.8, 4) is 5.75 Å². The van der Waals surface area contributed by atoms with Crippen LogP contribution < -0.4 is 0 Å². The minimum Gasteiger partial charge on any atom is -0.508 e. The summed E-state index contributed by atoms with van der Waals surface area (Å²) >= 11 is 0. The van der Waals surface area contributed by atoms with Gasteiger partial charge in [-0.05, 0) is 42.3 Å². The van der Waals surface area contributed by atoms with Crippen LogP contribution in [-0.2, 0) is 9.53 Å². The lowest BCUT2D eigenvalue weighted by molar-refractivity contribution is -0.129. The first-order chi connectivity index (χ1) is 11.0. The van der Waals surface area contributed by atoms with Crippen LogP contribution in [0.3, 0.4) is 0 Å². The number of benzene rings is 2. The summed E-state index contributed by atoms with van der Waals surface area (Å²) in [6.45, 7) is 2.63. The third-order valence-corrected chi connectivity index (χ3v) is 4.45. The van der Waals surface area contributed by atoms with Gasteiger partial charge in [-0.25, -0.2) is 4.79 Å². The van der Waals surface area contributed by atoms with E-state index in [9.17, 15) is 14.7 Å². The van der Waals surface area contributed by atoms with Gasteiger partial charge in [0.1, 0.15) is 5.75 Å². The molecule has 1 saturated heterocycles. The first-order valence-corrected chi connectivity index (χ1v) is 7.66. The van der Waals surface area contributed by atoms with Crippen LogP contribution in [-0.4, -0.2) is 35.5 Å². The molecule has 0 aliphatic carbocycles. The van der Waals surface area contributed by atoms with Gasteiger partial charge in [0.2, 0.25) is 5.91 Å². The Labute approximate surface area is 134 Å². The van der Waals surface area contributed by atoms with Crippen LogP contribution in [0.15, 0.2) is 30.3 Å². The summed E-state index contributed by atoms with van der Waals surface area (Å²) < 4.78 is 4.74. The Balaban J connectivity index is 2.10. The quantitative estimate of drug-likeness (QED) is 0.885. The number of phenols is 1. The van der Waals surface area contributed by atoms with Gasteiger partial charge in [0.05, 0.1) is 18.7 Å². The molecule has 0 spiro atoms. The largest absolute Gasteiger partial charge is 0.508 e. The molecule has 120 valence electrons. The predicted molar refractivity (Wildman–Crippen MR) is 86.3 cm³/mol. The van der Waals surface area contributed by atoms with Gasteiger partial charge in [-0.2, -0.15) is 0 Å². The molecule has 5 nitrogen and oxygen atoms in total. The zero-order valence-corrected chi connectivity index (χ0v) is 13.2. The van der Waals surface area contributed by atoms with Crippen molar-refractivity contribution < 1.29 is 19.4 Å². The summed E-state index contributed by atoms with van der Waals surface area (Å²) in [4.78, 5) is 25.5. The molecule has 1 aliphatic rings. The van der Waals surface area contributed by atoms with E-state index in [1.165, 1.54) is 7.11 Å². The zero-order valence-electron chi connectivity index (χ0n) is 13.2. The summed E-state index contributed by atoms with van der Waals surface area (Å²) in [5, 5.41) is 12.0. The van der Waals surface area contributed by atoms with E-state index in [1.54, 1.807) is 35.2 Å². The minimum absolute atomic E-state index is 0.111. The van der Waals surface area contributed by atoms with E-state index in [4.69, 9.17) is 4.74 Å². The van der Waals surface area contributed by atoms with Gasteiger partial charge in [0.15, 0.2) is 0 Å². The number of esters is 1. The Hall–Kier alpha value is -2.56. The molecule has 0 aromatic heterocycles. The Kier molecular flexibility index (Phi) is 3.94. The number of carbonyl (C=O) groups is 2. The van der Waals surface area contributed by atoms with Crippen molar-refractivity contribution in [3.05, 3.63) is 41.5 Å². The van der Waals surface area contributed by atoms with Gasteiger partial charge in [-0.15, -0.1) is 0 Å². The molecule has 1 fully saturated rings. The second-order valence-corrected chi connectivity index (χ2v) is 5.79. The summed E-state index contributed by atoms with van der Waals surface area (Å²) in [5.41, 5.74) is 1.18. The number of amides is 1. The molecule has 1 atom stereocenters. The molecule has 23 heavy (non-hydrogen) atoms. The molecule has 0 bridgehead atoms. The predicted octanol–water partition coefficient (Wildman–Crippen LogP) is 3.02. The monoisotopic (exact) mass is 313 g/mol. The molecular formula is C18H19NO4. The molecule has 1 heterocycles. The van der Waals surface area contributed by atoms with Crippen molar-refractivity contribution >= 4 is 22.6 Å². The minimum atomic E-state index is -0.399. The lowest BCUT2D eigenvalue weighted by Crippen LogP contribution is -2.28. The number of ether oxygens (including phenoxy) is 1. The molecule has 2 aromatic carbocycles. The van der Waals surface area contributed by atoms with Crippen molar-refractivity contribution in [1.29, 1.82) is 0 Å². The first-order valence-electron chi connectivity index (χ1n) is 7.66. The third kappa shape index (κ3) is 2.63. The Bertz CT molecular complexity index is 784. The Morgan fingerprint density at radius 2 is 2.09 bits per heavy atom. The van der Waals surface area contributed by atoms with E-state index in [0.717, 1.165) is 17.2 Å². The van der Waals surface area contributed by atoms with Crippen LogP contribution in [0, 0.1) is 0 Å². The van der Waals surface area contributed by atoms with Gasteiger partial charge in [-0.1, -0.05) is 12.1 Å². The number of hydrogen-bond acceptors (Lipinski definition) is 4. The van der Waals surface area contributed by atoms with Crippen LogP contribution in [0.1, 0.15) is 41.7 Å². The molecule has 0 radical (unpaired) electrons. The molecule has 0 saturated carbocycles. The molecule has 3 rings (SSSR count). The summed E-state index contributed by atoms with van der Waals surface area (Å²) in [5.74, 6) is -0.125. The fourth-order valence-corrected chi connectivity index (χ4v) is 3.26. The Morgan fingerprint density at radius 3 is 2.74 bits per heavy atom. The highest BCUT2D eigenvalue weighted by Gasteiger charge is 2.28. The van der Waals surface area contributed by atoms with E-state index in [1.807, 2.05) is 6.92 Å². The van der Waals surface area contributed by atoms with E-state index in [2.05, 4.69) is 0 Å². The SMILES string of the molecule is COC(=O)c1ccc2c(C(C)N3CCCC3=O)c(O)ccc2c1. The molecule has 1 amide bonds. The fourth-order valence-electron chi connectivity index (χ4n) is 3.26. The fraction of sp³-hybridized carbons (Fsp3) is 0.333. The van der Waals surface area contributed by atoms with Crippen LogP contribution in [0.25, 0.3) is 10.8 Å². The van der Waals surface area contributed by atoms with Gasteiger partial charge < -0.3 is 14.7 Å². The van der Waals surface area contributed by atoms with Crippen molar-refractivity contribution in [2.75, 3.05) is 13.7 Å². The van der Waals surface area contributed by atoms with Gasteiger partial charge >= 0.3 is 5.97 Å². The highest BCUT2D eigenvalue weighted by Crippen LogP contribution is 2.37. The number of aromatic hydroxyl groups is 1. The molecule has 1 unspecified atom stereocenters. The lowest BCUT2D eigenvalue weighted by Gasteiger charge is -2.26. The first kappa shape index (κ1) is 15.3. The van der Waals surface area contributed by atoms with Gasteiger partial charge in [0.25, 0.3) is 0 Å². The Morgan fingerprint density at radius 1 is 1.30 bits per heavy atom. The average molecular weight is 313 g/mol. The number of methoxy groups -OCH3 is 1. The number of carbonyl (C=O) groups excluding carboxylic acids is 2. The maximum absolute atomic E-state index is 12.0. The van der Waals surface area contributed by atoms with Gasteiger partial charge in [-0.3, -0.25) is 4.79 Å². The number of hydrogen-bond donors (Lipinski definition) is 1. The topological polar surface area (TPSA) is 66.8 Å². The van der Waals surface area contributed by atoms with E-state index >= 15 is 0 Å². The van der Waals surface area contributed by atoms with E-state index in [-0.39, 0.29) is 17.7 Å². The molecule has 5 heteroatoms. The van der Waals surface area contributed by atoms with Crippen molar-refractivity contribution in [1.82, 2.24) is 4.90 Å². The zero-order chi connectivity index (χ0) is 16.6. The summed E-state index contributed by atoms with van der Waals surface area (Å²) in [6.07, 6.45) is 1.41. The highest BCUT2D eigenvalue weighted by atomic mass is 16.5. The standard InChI is InChI=1S/C18H19NO4/c1-11(19-9-3-4-16(19)21)17-14-7-5-13(18(22)23-2)10-12(14)6-8-15(17)20/h5-8,10-11,20H,3-4,9H2,1-2H3. The summed E-state index contributed by atoms with van der Waals surface area (Å²) in [7, 11) is 1.34. The highest BCUT2D eigenvalue weighted by molar-refractivity contribution is 5.97. The van der Waals surface area contributed by atoms with E-state index < -0.39 is 5.97 Å². The molecule has 1 aliphatic heterocycles. The van der Waals surface area contributed by atoms with Gasteiger partial charge in [0, 0.05) is 18.5 Å². The maximum atomic E-state index is 12.0. The van der Waals surface area contributed by atoms with Crippen LogP contribution >= 0.6 is 0 Å². The van der Waals surface area contributed by atoms with Crippen molar-refractivity contribution in [2.24, 2.45) is 0 Å². The summed E-state index contributed by atoms with van der Waals surface area (Å²) in [6, 6.07) is 8.37. The normalized spacial score (nSPS) is 15.9. The lowest BCUT2D eigenvalue weighted by atomic mass is 9.96. The molecular weight excluding hydrogens is 294 g/mol. The average Bonchev–Trinajstić information content (AvgIpc) is 2.99. The smallest absolute Gasteiger partial charge is 0.337 e.